The predicted octanol–water partition coefficient (Wildman–Crippen LogP) is 2.58. The van der Waals surface area contributed by atoms with Gasteiger partial charge in [0.05, 0.1) is 11.2 Å². The Bertz CT molecular complexity index is 659. The van der Waals surface area contributed by atoms with Gasteiger partial charge in [0.2, 0.25) is 5.95 Å². The molecule has 0 saturated heterocycles. The summed E-state index contributed by atoms with van der Waals surface area (Å²) in [7, 11) is 0. The number of hydrogen-bond acceptors (Lipinski definition) is 7. The van der Waals surface area contributed by atoms with Crippen molar-refractivity contribution in [2.45, 2.75) is 11.9 Å². The van der Waals surface area contributed by atoms with Crippen LogP contribution in [0.4, 0.5) is 11.8 Å². The maximum absolute atomic E-state index is 5.78. The van der Waals surface area contributed by atoms with Crippen molar-refractivity contribution in [3.05, 3.63) is 30.6 Å². The van der Waals surface area contributed by atoms with Crippen LogP contribution in [0.2, 0.25) is 0 Å². The molecular formula is C13H15N5OS. The number of aromatic nitrogens is 3. The van der Waals surface area contributed by atoms with Gasteiger partial charge in [0.25, 0.3) is 0 Å². The Morgan fingerprint density at radius 1 is 1.25 bits per heavy atom. The van der Waals surface area contributed by atoms with Crippen LogP contribution in [0.15, 0.2) is 30.1 Å². The van der Waals surface area contributed by atoms with E-state index in [0.29, 0.717) is 11.5 Å². The number of thioether (sulfide) groups is 1. The minimum absolute atomic E-state index is 0.106. The number of anilines is 2. The zero-order valence-corrected chi connectivity index (χ0v) is 12.1. The van der Waals surface area contributed by atoms with Crippen molar-refractivity contribution >= 4 is 29.1 Å². The van der Waals surface area contributed by atoms with Crippen LogP contribution in [0, 0.1) is 0 Å². The highest BCUT2D eigenvalue weighted by molar-refractivity contribution is 7.98. The highest BCUT2D eigenvalue weighted by Crippen LogP contribution is 2.33. The molecule has 0 spiro atoms. The Balaban J connectivity index is 2.43. The summed E-state index contributed by atoms with van der Waals surface area (Å²) in [6, 6.07) is 1.82. The molecule has 0 radical (unpaired) electrons. The normalized spacial score (nSPS) is 10.3. The highest BCUT2D eigenvalue weighted by atomic mass is 32.2. The molecule has 2 aromatic rings. The van der Waals surface area contributed by atoms with Crippen molar-refractivity contribution in [2.75, 3.05) is 17.7 Å². The van der Waals surface area contributed by atoms with Crippen LogP contribution in [0.25, 0.3) is 5.57 Å². The summed E-state index contributed by atoms with van der Waals surface area (Å²) in [4.78, 5) is 12.0. The average Bonchev–Trinajstić information content (AvgIpc) is 2.41. The van der Waals surface area contributed by atoms with Gasteiger partial charge in [-0.2, -0.15) is 4.98 Å². The van der Waals surface area contributed by atoms with E-state index in [2.05, 4.69) is 21.5 Å². The monoisotopic (exact) mass is 289 g/mol. The van der Waals surface area contributed by atoms with E-state index < -0.39 is 0 Å². The molecule has 6 nitrogen and oxygen atoms in total. The zero-order valence-electron chi connectivity index (χ0n) is 11.3. The number of nitrogens with zero attached hydrogens (tertiary/aromatic N) is 3. The third kappa shape index (κ3) is 3.00. The summed E-state index contributed by atoms with van der Waals surface area (Å²) in [6.07, 6.45) is 5.10. The fraction of sp³-hybridized carbons (Fsp3) is 0.154. The molecule has 4 N–H and O–H groups in total. The lowest BCUT2D eigenvalue weighted by Crippen LogP contribution is -2.02. The molecule has 0 aromatic carbocycles. The van der Waals surface area contributed by atoms with E-state index in [-0.39, 0.29) is 11.8 Å². The van der Waals surface area contributed by atoms with Crippen LogP contribution in [-0.4, -0.2) is 21.2 Å². The van der Waals surface area contributed by atoms with Gasteiger partial charge >= 0.3 is 0 Å². The molecule has 0 fully saturated rings. The lowest BCUT2D eigenvalue weighted by atomic mass is 10.1. The topological polar surface area (TPSA) is 99.9 Å². The second kappa shape index (κ2) is 5.79. The first-order valence-electron chi connectivity index (χ1n) is 5.77. The van der Waals surface area contributed by atoms with E-state index in [9.17, 15) is 0 Å². The molecule has 0 atom stereocenters. The van der Waals surface area contributed by atoms with Gasteiger partial charge in [-0.05, 0) is 18.8 Å². The van der Waals surface area contributed by atoms with E-state index >= 15 is 0 Å². The molecular weight excluding hydrogens is 274 g/mol. The molecule has 0 bridgehead atoms. The van der Waals surface area contributed by atoms with Gasteiger partial charge in [0, 0.05) is 17.8 Å². The number of rotatable bonds is 4. The van der Waals surface area contributed by atoms with Crippen LogP contribution in [0.5, 0.6) is 11.5 Å². The van der Waals surface area contributed by atoms with E-state index in [0.717, 1.165) is 16.2 Å². The lowest BCUT2D eigenvalue weighted by Gasteiger charge is -2.12. The first kappa shape index (κ1) is 14.1. The quantitative estimate of drug-likeness (QED) is 0.834. The number of allylic oxidation sites excluding steroid dienone is 1. The Morgan fingerprint density at radius 3 is 2.60 bits per heavy atom. The van der Waals surface area contributed by atoms with Gasteiger partial charge in [-0.1, -0.05) is 6.58 Å². The fourth-order valence-corrected chi connectivity index (χ4v) is 1.91. The van der Waals surface area contributed by atoms with Crippen molar-refractivity contribution in [1.29, 1.82) is 0 Å². The maximum Gasteiger partial charge on any atom is 0.222 e. The van der Waals surface area contributed by atoms with Gasteiger partial charge in [0.1, 0.15) is 5.75 Å². The molecule has 2 rings (SSSR count). The van der Waals surface area contributed by atoms with Crippen LogP contribution in [-0.2, 0) is 0 Å². The molecule has 0 aliphatic heterocycles. The van der Waals surface area contributed by atoms with Crippen LogP contribution in [0.1, 0.15) is 12.5 Å². The summed E-state index contributed by atoms with van der Waals surface area (Å²) in [5.41, 5.74) is 12.9. The molecule has 0 aliphatic rings. The summed E-state index contributed by atoms with van der Waals surface area (Å²) in [5.74, 6) is 1.25. The molecule has 7 heteroatoms. The zero-order chi connectivity index (χ0) is 14.7. The van der Waals surface area contributed by atoms with E-state index in [4.69, 9.17) is 16.2 Å². The number of ether oxygens (including phenoxy) is 1. The molecule has 20 heavy (non-hydrogen) atoms. The summed E-state index contributed by atoms with van der Waals surface area (Å²) >= 11 is 1.52. The van der Waals surface area contributed by atoms with Crippen molar-refractivity contribution in [3.8, 4) is 11.5 Å². The highest BCUT2D eigenvalue weighted by Gasteiger charge is 2.11. The molecule has 0 amide bonds. The third-order valence-corrected chi connectivity index (χ3v) is 3.17. The number of pyridine rings is 1. The fourth-order valence-electron chi connectivity index (χ4n) is 1.53. The van der Waals surface area contributed by atoms with Crippen molar-refractivity contribution in [3.63, 3.8) is 0 Å². The van der Waals surface area contributed by atoms with Crippen LogP contribution < -0.4 is 16.2 Å². The second-order valence-electron chi connectivity index (χ2n) is 4.08. The maximum atomic E-state index is 5.78. The summed E-state index contributed by atoms with van der Waals surface area (Å²) in [6.45, 7) is 5.79. The first-order chi connectivity index (χ1) is 9.51. The molecule has 2 aromatic heterocycles. The average molecular weight is 289 g/mol. The molecule has 0 aliphatic carbocycles. The smallest absolute Gasteiger partial charge is 0.222 e. The van der Waals surface area contributed by atoms with Crippen molar-refractivity contribution < 1.29 is 4.74 Å². The number of hydrogen-bond donors (Lipinski definition) is 2. The minimum Gasteiger partial charge on any atom is -0.451 e. The largest absolute Gasteiger partial charge is 0.451 e. The minimum atomic E-state index is 0.106. The van der Waals surface area contributed by atoms with Gasteiger partial charge in [-0.3, -0.25) is 0 Å². The van der Waals surface area contributed by atoms with Crippen molar-refractivity contribution in [1.82, 2.24) is 15.0 Å². The predicted molar refractivity (Wildman–Crippen MR) is 81.7 cm³/mol. The molecule has 2 heterocycles. The van der Waals surface area contributed by atoms with Gasteiger partial charge in [0.15, 0.2) is 11.6 Å². The Hall–Kier alpha value is -2.28. The van der Waals surface area contributed by atoms with Crippen LogP contribution in [0.3, 0.4) is 0 Å². The van der Waals surface area contributed by atoms with Gasteiger partial charge < -0.3 is 16.2 Å². The molecule has 0 unspecified atom stereocenters. The second-order valence-corrected chi connectivity index (χ2v) is 4.91. The molecule has 104 valence electrons. The first-order valence-corrected chi connectivity index (χ1v) is 6.99. The Labute approximate surface area is 121 Å². The van der Waals surface area contributed by atoms with Crippen molar-refractivity contribution in [2.24, 2.45) is 0 Å². The standard InChI is InChI=1S/C13H15N5OS/c1-7(2)8-5-16-11(20-3)4-9(8)19-10-6-17-13(15)18-12(10)14/h4-6H,1H2,2-3H3,(H4,14,15,17,18). The lowest BCUT2D eigenvalue weighted by molar-refractivity contribution is 0.476. The summed E-state index contributed by atoms with van der Waals surface area (Å²) in [5, 5.41) is 0.833. The van der Waals surface area contributed by atoms with Gasteiger partial charge in [-0.15, -0.1) is 11.8 Å². The Morgan fingerprint density at radius 2 is 2.00 bits per heavy atom. The van der Waals surface area contributed by atoms with Gasteiger partial charge in [-0.25, -0.2) is 9.97 Å². The van der Waals surface area contributed by atoms with E-state index in [1.807, 2.05) is 19.2 Å². The van der Waals surface area contributed by atoms with Crippen LogP contribution >= 0.6 is 11.8 Å². The third-order valence-electron chi connectivity index (χ3n) is 2.53. The van der Waals surface area contributed by atoms with E-state index in [1.165, 1.54) is 18.0 Å². The summed E-state index contributed by atoms with van der Waals surface area (Å²) < 4.78 is 5.78. The molecule has 0 saturated carbocycles. The van der Waals surface area contributed by atoms with E-state index in [1.54, 1.807) is 6.20 Å². The number of nitrogens with two attached hydrogens (primary N) is 2. The number of nitrogen functional groups attached to an aromatic ring is 2. The Kier molecular flexibility index (Phi) is 4.09. The SMILES string of the molecule is C=C(C)c1cnc(SC)cc1Oc1cnc(N)nc1N.